The number of ether oxygens (including phenoxy) is 1. The van der Waals surface area contributed by atoms with E-state index in [0.717, 1.165) is 16.0 Å². The summed E-state index contributed by atoms with van der Waals surface area (Å²) < 4.78 is 7.68. The predicted octanol–water partition coefficient (Wildman–Crippen LogP) is 1.69. The van der Waals surface area contributed by atoms with Crippen molar-refractivity contribution in [3.05, 3.63) is 22.9 Å². The largest absolute Gasteiger partial charge is 0.494 e. The molecule has 0 aliphatic rings. The van der Waals surface area contributed by atoms with Crippen LogP contribution < -0.4 is 10.5 Å². The van der Waals surface area contributed by atoms with Crippen molar-refractivity contribution in [3.8, 4) is 5.75 Å². The average molecular weight is 242 g/mol. The third-order valence-electron chi connectivity index (χ3n) is 1.82. The van der Waals surface area contributed by atoms with Gasteiger partial charge in [-0.15, -0.1) is 0 Å². The first-order chi connectivity index (χ1) is 6.24. The zero-order valence-corrected chi connectivity index (χ0v) is 8.58. The molecule has 5 heteroatoms. The minimum Gasteiger partial charge on any atom is -0.494 e. The van der Waals surface area contributed by atoms with Gasteiger partial charge >= 0.3 is 0 Å². The SMILES string of the molecule is COc1ccc2ncc(N)n2c1Br. The van der Waals surface area contributed by atoms with E-state index in [4.69, 9.17) is 10.5 Å². The zero-order valence-electron chi connectivity index (χ0n) is 6.99. The molecule has 4 nitrogen and oxygen atoms in total. The van der Waals surface area contributed by atoms with Crippen molar-refractivity contribution in [2.45, 2.75) is 0 Å². The smallest absolute Gasteiger partial charge is 0.150 e. The number of nitrogens with zero attached hydrogens (tertiary/aromatic N) is 2. The lowest BCUT2D eigenvalue weighted by atomic mass is 10.4. The summed E-state index contributed by atoms with van der Waals surface area (Å²) in [7, 11) is 1.61. The highest BCUT2D eigenvalue weighted by molar-refractivity contribution is 9.10. The van der Waals surface area contributed by atoms with Crippen molar-refractivity contribution in [1.82, 2.24) is 9.38 Å². The van der Waals surface area contributed by atoms with Crippen molar-refractivity contribution < 1.29 is 4.74 Å². The average Bonchev–Trinajstić information content (AvgIpc) is 2.49. The van der Waals surface area contributed by atoms with E-state index in [1.165, 1.54) is 0 Å². The molecule has 13 heavy (non-hydrogen) atoms. The lowest BCUT2D eigenvalue weighted by Crippen LogP contribution is -1.96. The first kappa shape index (κ1) is 8.37. The van der Waals surface area contributed by atoms with E-state index in [2.05, 4.69) is 20.9 Å². The number of hydrogen-bond donors (Lipinski definition) is 1. The van der Waals surface area contributed by atoms with Gasteiger partial charge in [0.15, 0.2) is 0 Å². The van der Waals surface area contributed by atoms with Crippen LogP contribution in [0.3, 0.4) is 0 Å². The van der Waals surface area contributed by atoms with Crippen LogP contribution in [0.4, 0.5) is 5.82 Å². The molecule has 0 saturated heterocycles. The second kappa shape index (κ2) is 2.92. The number of rotatable bonds is 1. The second-order valence-electron chi connectivity index (χ2n) is 2.57. The molecule has 0 spiro atoms. The molecule has 2 heterocycles. The van der Waals surface area contributed by atoms with E-state index < -0.39 is 0 Å². The third kappa shape index (κ3) is 1.16. The summed E-state index contributed by atoms with van der Waals surface area (Å²) in [5, 5.41) is 0. The molecule has 0 aliphatic carbocycles. The Hall–Kier alpha value is -1.23. The maximum Gasteiger partial charge on any atom is 0.150 e. The Balaban J connectivity index is 2.83. The molecule has 0 saturated carbocycles. The molecular weight excluding hydrogens is 234 g/mol. The van der Waals surface area contributed by atoms with E-state index in [1.54, 1.807) is 17.7 Å². The molecule has 0 fully saturated rings. The van der Waals surface area contributed by atoms with Crippen LogP contribution in [0.25, 0.3) is 5.65 Å². The van der Waals surface area contributed by atoms with E-state index in [9.17, 15) is 0 Å². The molecule has 68 valence electrons. The summed E-state index contributed by atoms with van der Waals surface area (Å²) in [5.41, 5.74) is 6.51. The van der Waals surface area contributed by atoms with E-state index >= 15 is 0 Å². The lowest BCUT2D eigenvalue weighted by molar-refractivity contribution is 0.409. The highest BCUT2D eigenvalue weighted by atomic mass is 79.9. The molecule has 2 rings (SSSR count). The Labute approximate surface area is 83.5 Å². The van der Waals surface area contributed by atoms with Gasteiger partial charge in [0.1, 0.15) is 21.8 Å². The number of pyridine rings is 1. The van der Waals surface area contributed by atoms with Crippen LogP contribution >= 0.6 is 15.9 Å². The maximum atomic E-state index is 5.72. The van der Waals surface area contributed by atoms with Crippen LogP contribution in [0.2, 0.25) is 0 Å². The number of nitrogen functional groups attached to an aromatic ring is 1. The van der Waals surface area contributed by atoms with Crippen molar-refractivity contribution in [2.75, 3.05) is 12.8 Å². The molecule has 2 aromatic heterocycles. The van der Waals surface area contributed by atoms with Gasteiger partial charge in [-0.05, 0) is 28.1 Å². The van der Waals surface area contributed by atoms with Gasteiger partial charge in [0.05, 0.1) is 13.3 Å². The first-order valence-corrected chi connectivity index (χ1v) is 4.49. The molecule has 0 bridgehead atoms. The summed E-state index contributed by atoms with van der Waals surface area (Å²) in [4.78, 5) is 4.11. The van der Waals surface area contributed by atoms with E-state index in [-0.39, 0.29) is 0 Å². The Morgan fingerprint density at radius 1 is 1.54 bits per heavy atom. The predicted molar refractivity (Wildman–Crippen MR) is 53.9 cm³/mol. The first-order valence-electron chi connectivity index (χ1n) is 3.69. The van der Waals surface area contributed by atoms with Gasteiger partial charge in [-0.1, -0.05) is 0 Å². The van der Waals surface area contributed by atoms with Crippen LogP contribution in [0.5, 0.6) is 5.75 Å². The topological polar surface area (TPSA) is 52.5 Å². The quantitative estimate of drug-likeness (QED) is 0.774. The van der Waals surface area contributed by atoms with Gasteiger partial charge in [-0.25, -0.2) is 4.98 Å². The van der Waals surface area contributed by atoms with Gasteiger partial charge in [0, 0.05) is 0 Å². The molecule has 0 aliphatic heterocycles. The van der Waals surface area contributed by atoms with Crippen LogP contribution in [0, 0.1) is 0 Å². The highest BCUT2D eigenvalue weighted by Gasteiger charge is 2.07. The number of aromatic nitrogens is 2. The van der Waals surface area contributed by atoms with E-state index in [1.807, 2.05) is 12.1 Å². The summed E-state index contributed by atoms with van der Waals surface area (Å²) in [6.45, 7) is 0. The number of halogens is 1. The third-order valence-corrected chi connectivity index (χ3v) is 2.57. The zero-order chi connectivity index (χ0) is 9.42. The Bertz CT molecular complexity index is 452. The summed E-state index contributed by atoms with van der Waals surface area (Å²) in [5.74, 6) is 1.32. The fourth-order valence-corrected chi connectivity index (χ4v) is 1.87. The molecule has 0 aromatic carbocycles. The second-order valence-corrected chi connectivity index (χ2v) is 3.32. The molecule has 2 N–H and O–H groups in total. The monoisotopic (exact) mass is 241 g/mol. The number of anilines is 1. The van der Waals surface area contributed by atoms with Crippen LogP contribution in [0.15, 0.2) is 22.9 Å². The number of imidazole rings is 1. The standard InChI is InChI=1S/C8H8BrN3O/c1-13-5-2-3-7-11-4-6(10)12(7)8(5)9/h2-4H,10H2,1H3. The van der Waals surface area contributed by atoms with Crippen LogP contribution in [0.1, 0.15) is 0 Å². The lowest BCUT2D eigenvalue weighted by Gasteiger charge is -2.05. The molecule has 0 radical (unpaired) electrons. The molecule has 0 atom stereocenters. The normalized spacial score (nSPS) is 10.6. The van der Waals surface area contributed by atoms with Crippen LogP contribution in [-0.4, -0.2) is 16.5 Å². The van der Waals surface area contributed by atoms with Gasteiger partial charge in [0.25, 0.3) is 0 Å². The Morgan fingerprint density at radius 3 is 3.00 bits per heavy atom. The molecular formula is C8H8BrN3O. The number of hydrogen-bond acceptors (Lipinski definition) is 3. The number of methoxy groups -OCH3 is 1. The van der Waals surface area contributed by atoms with Crippen molar-refractivity contribution in [1.29, 1.82) is 0 Å². The van der Waals surface area contributed by atoms with Crippen molar-refractivity contribution in [2.24, 2.45) is 0 Å². The number of nitrogens with two attached hydrogens (primary N) is 1. The minimum atomic E-state index is 0.584. The van der Waals surface area contributed by atoms with Crippen molar-refractivity contribution in [3.63, 3.8) is 0 Å². The summed E-state index contributed by atoms with van der Waals surface area (Å²) >= 11 is 3.39. The Morgan fingerprint density at radius 2 is 2.31 bits per heavy atom. The highest BCUT2D eigenvalue weighted by Crippen LogP contribution is 2.27. The summed E-state index contributed by atoms with van der Waals surface area (Å²) in [6, 6.07) is 3.69. The van der Waals surface area contributed by atoms with E-state index in [0.29, 0.717) is 5.82 Å². The number of fused-ring (bicyclic) bond motifs is 1. The molecule has 0 unspecified atom stereocenters. The molecule has 0 amide bonds. The fourth-order valence-electron chi connectivity index (χ4n) is 1.19. The van der Waals surface area contributed by atoms with Gasteiger partial charge in [-0.2, -0.15) is 0 Å². The molecule has 2 aromatic rings. The van der Waals surface area contributed by atoms with Gasteiger partial charge in [-0.3, -0.25) is 4.40 Å². The maximum absolute atomic E-state index is 5.72. The van der Waals surface area contributed by atoms with Gasteiger partial charge in [0.2, 0.25) is 0 Å². The minimum absolute atomic E-state index is 0.584. The fraction of sp³-hybridized carbons (Fsp3) is 0.125. The summed E-state index contributed by atoms with van der Waals surface area (Å²) in [6.07, 6.45) is 1.61. The Kier molecular flexibility index (Phi) is 1.88. The van der Waals surface area contributed by atoms with Crippen LogP contribution in [-0.2, 0) is 0 Å². The van der Waals surface area contributed by atoms with Gasteiger partial charge < -0.3 is 10.5 Å². The van der Waals surface area contributed by atoms with Crippen molar-refractivity contribution >= 4 is 27.4 Å².